The van der Waals surface area contributed by atoms with Crippen molar-refractivity contribution in [1.82, 2.24) is 19.5 Å². The SMILES string of the molecule is C=CC(c1c2c(Cl)cccc2nn1C)S(=O)(=O)NC(=O)Nc1cc(OC)cc(OC)n1. The van der Waals surface area contributed by atoms with Crippen LogP contribution in [-0.4, -0.2) is 43.4 Å². The van der Waals surface area contributed by atoms with E-state index in [9.17, 15) is 13.2 Å². The molecule has 0 spiro atoms. The first-order chi connectivity index (χ1) is 14.7. The number of aryl methyl sites for hydroxylation is 1. The molecule has 0 saturated heterocycles. The highest BCUT2D eigenvalue weighted by Gasteiger charge is 2.32. The molecule has 2 heterocycles. The summed E-state index contributed by atoms with van der Waals surface area (Å²) in [5.41, 5.74) is 0.793. The van der Waals surface area contributed by atoms with E-state index in [4.69, 9.17) is 21.1 Å². The van der Waals surface area contributed by atoms with E-state index in [2.05, 4.69) is 22.0 Å². The molecule has 0 aliphatic rings. The predicted molar refractivity (Wildman–Crippen MR) is 117 cm³/mol. The van der Waals surface area contributed by atoms with Gasteiger partial charge in [-0.1, -0.05) is 23.7 Å². The van der Waals surface area contributed by atoms with E-state index in [1.54, 1.807) is 25.2 Å². The molecule has 0 saturated carbocycles. The van der Waals surface area contributed by atoms with E-state index in [1.165, 1.54) is 37.1 Å². The van der Waals surface area contributed by atoms with E-state index in [1.807, 2.05) is 4.72 Å². The van der Waals surface area contributed by atoms with Crippen LogP contribution < -0.4 is 19.5 Å². The monoisotopic (exact) mass is 465 g/mol. The van der Waals surface area contributed by atoms with Gasteiger partial charge in [-0.25, -0.2) is 17.9 Å². The second-order valence-electron chi connectivity index (χ2n) is 6.33. The van der Waals surface area contributed by atoms with E-state index >= 15 is 0 Å². The highest BCUT2D eigenvalue weighted by Crippen LogP contribution is 2.34. The Morgan fingerprint density at radius 2 is 2.03 bits per heavy atom. The van der Waals surface area contributed by atoms with Crippen LogP contribution in [0.25, 0.3) is 10.9 Å². The summed E-state index contributed by atoms with van der Waals surface area (Å²) >= 11 is 6.28. The van der Waals surface area contributed by atoms with Crippen LogP contribution in [0.1, 0.15) is 10.9 Å². The van der Waals surface area contributed by atoms with Crippen LogP contribution >= 0.6 is 11.6 Å². The molecule has 3 aromatic rings. The Hall–Kier alpha value is -3.31. The van der Waals surface area contributed by atoms with Crippen molar-refractivity contribution in [3.63, 3.8) is 0 Å². The minimum Gasteiger partial charge on any atom is -0.496 e. The summed E-state index contributed by atoms with van der Waals surface area (Å²) in [6, 6.07) is 6.94. The molecule has 0 fully saturated rings. The minimum absolute atomic E-state index is 0.0353. The third kappa shape index (κ3) is 4.57. The van der Waals surface area contributed by atoms with Crippen molar-refractivity contribution in [2.45, 2.75) is 5.25 Å². The lowest BCUT2D eigenvalue weighted by Crippen LogP contribution is -2.37. The molecule has 1 atom stereocenters. The Kier molecular flexibility index (Phi) is 6.37. The van der Waals surface area contributed by atoms with Gasteiger partial charge in [0.15, 0.2) is 0 Å². The van der Waals surface area contributed by atoms with Crippen molar-refractivity contribution >= 4 is 44.4 Å². The first kappa shape index (κ1) is 22.4. The average Bonchev–Trinajstić information content (AvgIpc) is 3.04. The number of methoxy groups -OCH3 is 2. The molecule has 0 aliphatic heterocycles. The number of aromatic nitrogens is 3. The third-order valence-corrected chi connectivity index (χ3v) is 6.24. The predicted octanol–water partition coefficient (Wildman–Crippen LogP) is 3.02. The van der Waals surface area contributed by atoms with Crippen molar-refractivity contribution in [2.75, 3.05) is 19.5 Å². The van der Waals surface area contributed by atoms with Gasteiger partial charge in [0.25, 0.3) is 0 Å². The second-order valence-corrected chi connectivity index (χ2v) is 8.54. The number of nitrogens with zero attached hydrogens (tertiary/aromatic N) is 3. The van der Waals surface area contributed by atoms with Crippen molar-refractivity contribution in [3.05, 3.63) is 53.7 Å². The number of hydrogen-bond acceptors (Lipinski definition) is 7. The fourth-order valence-corrected chi connectivity index (χ4v) is 4.56. The molecular formula is C19H20ClN5O5S. The van der Waals surface area contributed by atoms with Gasteiger partial charge in [0.1, 0.15) is 16.8 Å². The summed E-state index contributed by atoms with van der Waals surface area (Å²) in [6.07, 6.45) is 1.20. The summed E-state index contributed by atoms with van der Waals surface area (Å²) in [5, 5.41) is 6.14. The zero-order valence-electron chi connectivity index (χ0n) is 16.9. The van der Waals surface area contributed by atoms with Gasteiger partial charge in [-0.05, 0) is 12.1 Å². The van der Waals surface area contributed by atoms with E-state index in [0.29, 0.717) is 21.7 Å². The number of ether oxygens (including phenoxy) is 2. The van der Waals surface area contributed by atoms with Crippen molar-refractivity contribution in [1.29, 1.82) is 0 Å². The Bertz CT molecular complexity index is 1240. The number of urea groups is 1. The van der Waals surface area contributed by atoms with Crippen molar-refractivity contribution in [2.24, 2.45) is 7.05 Å². The van der Waals surface area contributed by atoms with Crippen molar-refractivity contribution < 1.29 is 22.7 Å². The molecule has 1 aromatic carbocycles. The Balaban J connectivity index is 1.90. The molecule has 31 heavy (non-hydrogen) atoms. The van der Waals surface area contributed by atoms with Crippen LogP contribution in [-0.2, 0) is 17.1 Å². The molecule has 1 unspecified atom stereocenters. The Labute approximate surface area is 183 Å². The van der Waals surface area contributed by atoms with Crippen LogP contribution in [0.15, 0.2) is 43.0 Å². The number of carbonyl (C=O) groups excluding carboxylic acids is 1. The van der Waals surface area contributed by atoms with E-state index in [-0.39, 0.29) is 17.4 Å². The third-order valence-electron chi connectivity index (χ3n) is 4.37. The number of pyridine rings is 1. The lowest BCUT2D eigenvalue weighted by Gasteiger charge is -2.16. The van der Waals surface area contributed by atoms with Crippen LogP contribution in [0.5, 0.6) is 11.6 Å². The quantitative estimate of drug-likeness (QED) is 0.514. The number of fused-ring (bicyclic) bond motifs is 1. The van der Waals surface area contributed by atoms with Gasteiger partial charge in [-0.15, -0.1) is 6.58 Å². The topological polar surface area (TPSA) is 124 Å². The van der Waals surface area contributed by atoms with Crippen LogP contribution in [0, 0.1) is 0 Å². The molecule has 12 heteroatoms. The van der Waals surface area contributed by atoms with Gasteiger partial charge in [-0.3, -0.25) is 10.00 Å². The van der Waals surface area contributed by atoms with Gasteiger partial charge in [0.05, 0.1) is 30.5 Å². The normalized spacial score (nSPS) is 12.3. The molecule has 2 N–H and O–H groups in total. The number of benzene rings is 1. The minimum atomic E-state index is -4.27. The fourth-order valence-electron chi connectivity index (χ4n) is 3.04. The molecule has 0 bridgehead atoms. The number of carbonyl (C=O) groups is 1. The molecule has 2 amide bonds. The summed E-state index contributed by atoms with van der Waals surface area (Å²) in [7, 11) is 0.149. The van der Waals surface area contributed by atoms with Crippen LogP contribution in [0.2, 0.25) is 5.02 Å². The van der Waals surface area contributed by atoms with E-state index < -0.39 is 21.3 Å². The highest BCUT2D eigenvalue weighted by atomic mass is 35.5. The number of hydrogen-bond donors (Lipinski definition) is 2. The zero-order valence-corrected chi connectivity index (χ0v) is 18.5. The van der Waals surface area contributed by atoms with Crippen LogP contribution in [0.4, 0.5) is 10.6 Å². The standard InChI is InChI=1S/C19H20ClN5O5S/c1-5-14(18-17-12(20)7-6-8-13(17)23-25(18)2)31(27,28)24-19(26)22-15-9-11(29-3)10-16(21-15)30-4/h5-10,14H,1H2,2-4H3,(H2,21,22,24,26). The number of anilines is 1. The number of nitrogens with one attached hydrogen (secondary N) is 2. The maximum absolute atomic E-state index is 13.0. The molecule has 0 radical (unpaired) electrons. The molecule has 10 nitrogen and oxygen atoms in total. The first-order valence-electron chi connectivity index (χ1n) is 8.86. The van der Waals surface area contributed by atoms with Gasteiger partial charge in [0, 0.05) is 24.6 Å². The molecule has 3 rings (SSSR count). The Morgan fingerprint density at radius 1 is 1.29 bits per heavy atom. The van der Waals surface area contributed by atoms with Crippen molar-refractivity contribution in [3.8, 4) is 11.6 Å². The van der Waals surface area contributed by atoms with Gasteiger partial charge in [0.2, 0.25) is 15.9 Å². The molecule has 0 aliphatic carbocycles. The second kappa shape index (κ2) is 8.82. The Morgan fingerprint density at radius 3 is 2.68 bits per heavy atom. The largest absolute Gasteiger partial charge is 0.496 e. The maximum Gasteiger partial charge on any atom is 0.334 e. The summed E-state index contributed by atoms with van der Waals surface area (Å²) in [4.78, 5) is 16.5. The summed E-state index contributed by atoms with van der Waals surface area (Å²) < 4.78 is 39.5. The number of halogens is 1. The molecule has 164 valence electrons. The number of rotatable bonds is 7. The van der Waals surface area contributed by atoms with E-state index in [0.717, 1.165) is 0 Å². The lowest BCUT2D eigenvalue weighted by atomic mass is 10.1. The number of sulfonamides is 1. The zero-order chi connectivity index (χ0) is 22.8. The average molecular weight is 466 g/mol. The summed E-state index contributed by atoms with van der Waals surface area (Å²) in [5.74, 6) is 0.579. The summed E-state index contributed by atoms with van der Waals surface area (Å²) in [6.45, 7) is 3.62. The molecule has 2 aromatic heterocycles. The number of amides is 2. The highest BCUT2D eigenvalue weighted by molar-refractivity contribution is 7.90. The van der Waals surface area contributed by atoms with Crippen LogP contribution in [0.3, 0.4) is 0 Å². The molecular weight excluding hydrogens is 446 g/mol. The van der Waals surface area contributed by atoms with Gasteiger partial charge < -0.3 is 9.47 Å². The lowest BCUT2D eigenvalue weighted by molar-refractivity contribution is 0.256. The fraction of sp³-hybridized carbons (Fsp3) is 0.211. The van der Waals surface area contributed by atoms with Gasteiger partial charge in [-0.2, -0.15) is 10.1 Å². The van der Waals surface area contributed by atoms with Gasteiger partial charge >= 0.3 is 6.03 Å². The first-order valence-corrected chi connectivity index (χ1v) is 10.8. The smallest absolute Gasteiger partial charge is 0.334 e. The maximum atomic E-state index is 13.0.